The standard InChI is InChI=1S/C28H35F3N4O4S/c1-27(2,3)33-17-18-7-12-22-19(15-18)5-4-6-23(22)34-13-14-35(24(26(34)37)16-25(32)36)40(38,39)21-10-8-20(9-11-21)28(29,30)31/h7-12,15,23-24,33H,4-6,13-14,16-17H2,1-3H3,(H2,32,36)/t23-,24?/m1/s1. The molecule has 1 heterocycles. The number of sulfonamides is 1. The van der Waals surface area contributed by atoms with Gasteiger partial charge in [-0.2, -0.15) is 17.5 Å². The van der Waals surface area contributed by atoms with Crippen molar-refractivity contribution in [1.82, 2.24) is 14.5 Å². The largest absolute Gasteiger partial charge is 0.416 e. The van der Waals surface area contributed by atoms with Crippen LogP contribution in [0.2, 0.25) is 0 Å². The van der Waals surface area contributed by atoms with E-state index < -0.39 is 50.9 Å². The van der Waals surface area contributed by atoms with Crippen LogP contribution < -0.4 is 11.1 Å². The summed E-state index contributed by atoms with van der Waals surface area (Å²) in [5, 5.41) is 3.47. The Hall–Kier alpha value is -2.96. The summed E-state index contributed by atoms with van der Waals surface area (Å²) in [5.41, 5.74) is 7.63. The number of nitrogens with zero attached hydrogens (tertiary/aromatic N) is 2. The van der Waals surface area contributed by atoms with Gasteiger partial charge in [0, 0.05) is 25.2 Å². The summed E-state index contributed by atoms with van der Waals surface area (Å²) >= 11 is 0. The number of nitrogens with one attached hydrogen (secondary N) is 1. The molecule has 12 heteroatoms. The predicted octanol–water partition coefficient (Wildman–Crippen LogP) is 3.75. The van der Waals surface area contributed by atoms with Gasteiger partial charge in [0.2, 0.25) is 21.8 Å². The van der Waals surface area contributed by atoms with Gasteiger partial charge in [-0.3, -0.25) is 9.59 Å². The zero-order valence-electron chi connectivity index (χ0n) is 22.8. The number of alkyl halides is 3. The first-order chi connectivity index (χ1) is 18.6. The number of benzene rings is 2. The van der Waals surface area contributed by atoms with Crippen LogP contribution in [0.4, 0.5) is 13.2 Å². The molecule has 2 aromatic carbocycles. The molecule has 1 fully saturated rings. The molecule has 40 heavy (non-hydrogen) atoms. The van der Waals surface area contributed by atoms with E-state index >= 15 is 0 Å². The van der Waals surface area contributed by atoms with Crippen LogP contribution in [-0.2, 0) is 38.8 Å². The molecule has 0 radical (unpaired) electrons. The third-order valence-electron chi connectivity index (χ3n) is 7.35. The topological polar surface area (TPSA) is 113 Å². The van der Waals surface area contributed by atoms with Crippen LogP contribution in [0, 0.1) is 0 Å². The van der Waals surface area contributed by atoms with Gasteiger partial charge < -0.3 is 16.0 Å². The van der Waals surface area contributed by atoms with Crippen molar-refractivity contribution in [1.29, 1.82) is 0 Å². The fourth-order valence-electron chi connectivity index (χ4n) is 5.36. The van der Waals surface area contributed by atoms with E-state index in [1.807, 2.05) is 12.1 Å². The number of aryl methyl sites for hydroxylation is 1. The van der Waals surface area contributed by atoms with Crippen LogP contribution >= 0.6 is 0 Å². The average molecular weight is 581 g/mol. The van der Waals surface area contributed by atoms with Crippen LogP contribution in [-0.4, -0.2) is 54.1 Å². The number of rotatable bonds is 7. The van der Waals surface area contributed by atoms with E-state index in [1.54, 1.807) is 4.90 Å². The first kappa shape index (κ1) is 30.0. The molecule has 1 unspecified atom stereocenters. The Morgan fingerprint density at radius 2 is 1.75 bits per heavy atom. The third kappa shape index (κ3) is 6.50. The molecule has 2 aliphatic rings. The maximum Gasteiger partial charge on any atom is 0.416 e. The van der Waals surface area contributed by atoms with Gasteiger partial charge in [-0.25, -0.2) is 8.42 Å². The number of amides is 2. The highest BCUT2D eigenvalue weighted by Crippen LogP contribution is 2.38. The van der Waals surface area contributed by atoms with Crippen molar-refractivity contribution in [2.45, 2.75) is 81.7 Å². The lowest BCUT2D eigenvalue weighted by molar-refractivity contribution is -0.144. The van der Waals surface area contributed by atoms with Gasteiger partial charge in [0.15, 0.2) is 0 Å². The molecule has 3 N–H and O–H groups in total. The summed E-state index contributed by atoms with van der Waals surface area (Å²) in [7, 11) is -4.39. The molecule has 1 aliphatic carbocycles. The zero-order chi connectivity index (χ0) is 29.5. The van der Waals surface area contributed by atoms with Crippen molar-refractivity contribution in [3.63, 3.8) is 0 Å². The Morgan fingerprint density at radius 3 is 2.35 bits per heavy atom. The number of fused-ring (bicyclic) bond motifs is 1. The molecule has 2 atom stereocenters. The van der Waals surface area contributed by atoms with Crippen molar-refractivity contribution in [2.75, 3.05) is 13.1 Å². The van der Waals surface area contributed by atoms with Gasteiger partial charge in [-0.05, 0) is 81.0 Å². The summed E-state index contributed by atoms with van der Waals surface area (Å²) in [5.74, 6) is -1.40. The molecule has 0 spiro atoms. The van der Waals surface area contributed by atoms with Crippen molar-refractivity contribution >= 4 is 21.8 Å². The minimum absolute atomic E-state index is 0.0410. The Labute approximate surface area is 232 Å². The second-order valence-electron chi connectivity index (χ2n) is 11.4. The summed E-state index contributed by atoms with van der Waals surface area (Å²) < 4.78 is 66.8. The highest BCUT2D eigenvalue weighted by atomic mass is 32.2. The quantitative estimate of drug-likeness (QED) is 0.518. The molecule has 0 aromatic heterocycles. The molecule has 0 saturated carbocycles. The lowest BCUT2D eigenvalue weighted by atomic mass is 9.85. The van der Waals surface area contributed by atoms with Crippen molar-refractivity contribution in [3.8, 4) is 0 Å². The fourth-order valence-corrected chi connectivity index (χ4v) is 6.93. The van der Waals surface area contributed by atoms with E-state index in [0.717, 1.165) is 46.0 Å². The maximum absolute atomic E-state index is 13.8. The van der Waals surface area contributed by atoms with Crippen LogP contribution in [0.15, 0.2) is 47.4 Å². The number of primary amides is 1. The normalized spacial score (nSPS) is 20.9. The summed E-state index contributed by atoms with van der Waals surface area (Å²) in [6.07, 6.45) is -2.78. The van der Waals surface area contributed by atoms with Crippen LogP contribution in [0.1, 0.15) is 68.3 Å². The summed E-state index contributed by atoms with van der Waals surface area (Å²) in [6, 6.07) is 7.58. The van der Waals surface area contributed by atoms with Gasteiger partial charge in [-0.1, -0.05) is 18.2 Å². The van der Waals surface area contributed by atoms with Gasteiger partial charge in [0.25, 0.3) is 0 Å². The highest BCUT2D eigenvalue weighted by Gasteiger charge is 2.45. The monoisotopic (exact) mass is 580 g/mol. The van der Waals surface area contributed by atoms with Gasteiger partial charge >= 0.3 is 6.18 Å². The molecule has 2 amide bonds. The van der Waals surface area contributed by atoms with Crippen LogP contribution in [0.5, 0.6) is 0 Å². The first-order valence-corrected chi connectivity index (χ1v) is 14.7. The number of carbonyl (C=O) groups excluding carboxylic acids is 2. The van der Waals surface area contributed by atoms with Crippen molar-refractivity contribution < 1.29 is 31.2 Å². The van der Waals surface area contributed by atoms with E-state index in [1.165, 1.54) is 0 Å². The SMILES string of the molecule is CC(C)(C)NCc1ccc2c(c1)CCC[C@H]2N1CCN(S(=O)(=O)c2ccc(C(F)(F)F)cc2)C(CC(N)=O)C1=O. The molecule has 218 valence electrons. The van der Waals surface area contributed by atoms with Gasteiger partial charge in [0.05, 0.1) is 22.9 Å². The van der Waals surface area contributed by atoms with E-state index in [4.69, 9.17) is 5.73 Å². The highest BCUT2D eigenvalue weighted by molar-refractivity contribution is 7.89. The fraction of sp³-hybridized carbons (Fsp3) is 0.500. The average Bonchev–Trinajstić information content (AvgIpc) is 2.87. The van der Waals surface area contributed by atoms with E-state index in [9.17, 15) is 31.2 Å². The molecule has 1 saturated heterocycles. The van der Waals surface area contributed by atoms with E-state index in [0.29, 0.717) is 25.1 Å². The Bertz CT molecular complexity index is 1370. The number of piperazine rings is 1. The number of halogens is 3. The molecule has 4 rings (SSSR count). The third-order valence-corrected chi connectivity index (χ3v) is 9.27. The van der Waals surface area contributed by atoms with Gasteiger partial charge in [0.1, 0.15) is 6.04 Å². The molecular formula is C28H35F3N4O4S. The number of nitrogens with two attached hydrogens (primary N) is 1. The summed E-state index contributed by atoms with van der Waals surface area (Å²) in [6.45, 7) is 6.92. The lowest BCUT2D eigenvalue weighted by Crippen LogP contribution is -2.60. The minimum atomic E-state index is -4.63. The Morgan fingerprint density at radius 1 is 1.07 bits per heavy atom. The second kappa shape index (κ2) is 11.1. The molecule has 2 aromatic rings. The predicted molar refractivity (Wildman–Crippen MR) is 143 cm³/mol. The van der Waals surface area contributed by atoms with Gasteiger partial charge in [-0.15, -0.1) is 0 Å². The van der Waals surface area contributed by atoms with E-state index in [2.05, 4.69) is 32.2 Å². The van der Waals surface area contributed by atoms with Crippen LogP contribution in [0.25, 0.3) is 0 Å². The molecule has 8 nitrogen and oxygen atoms in total. The smallest absolute Gasteiger partial charge is 0.370 e. The second-order valence-corrected chi connectivity index (χ2v) is 13.3. The Kier molecular flexibility index (Phi) is 8.35. The number of carbonyl (C=O) groups is 2. The number of hydrogen-bond donors (Lipinski definition) is 2. The lowest BCUT2D eigenvalue weighted by Gasteiger charge is -2.44. The maximum atomic E-state index is 13.8. The summed E-state index contributed by atoms with van der Waals surface area (Å²) in [4.78, 5) is 26.9. The Balaban J connectivity index is 1.60. The number of hydrogen-bond acceptors (Lipinski definition) is 5. The zero-order valence-corrected chi connectivity index (χ0v) is 23.6. The molecular weight excluding hydrogens is 545 g/mol. The minimum Gasteiger partial charge on any atom is -0.370 e. The molecule has 1 aliphatic heterocycles. The van der Waals surface area contributed by atoms with E-state index in [-0.39, 0.29) is 24.7 Å². The first-order valence-electron chi connectivity index (χ1n) is 13.2. The van der Waals surface area contributed by atoms with Crippen LogP contribution in [0.3, 0.4) is 0 Å². The van der Waals surface area contributed by atoms with Crippen molar-refractivity contribution in [3.05, 3.63) is 64.7 Å². The molecule has 0 bridgehead atoms. The van der Waals surface area contributed by atoms with Crippen molar-refractivity contribution in [2.24, 2.45) is 5.73 Å².